The fraction of sp³-hybridized carbons (Fsp3) is 0. The molecule has 0 spiro atoms. The summed E-state index contributed by atoms with van der Waals surface area (Å²) < 4.78 is 0. The van der Waals surface area contributed by atoms with Gasteiger partial charge in [0, 0.05) is 51.2 Å². The zero-order valence-electron chi connectivity index (χ0n) is 15.6. The van der Waals surface area contributed by atoms with Gasteiger partial charge in [-0.2, -0.15) is 0 Å². The van der Waals surface area contributed by atoms with E-state index in [0.29, 0.717) is 0 Å². The lowest BCUT2D eigenvalue weighted by Crippen LogP contribution is -2.06. The van der Waals surface area contributed by atoms with Crippen LogP contribution >= 0.6 is 0 Å². The summed E-state index contributed by atoms with van der Waals surface area (Å²) >= 11 is 0. The van der Waals surface area contributed by atoms with Gasteiger partial charge < -0.3 is 15.3 Å². The number of aromatic nitrogens is 3. The van der Waals surface area contributed by atoms with E-state index in [-0.39, 0.29) is 5.91 Å². The predicted octanol–water partition coefficient (Wildman–Crippen LogP) is 5.50. The van der Waals surface area contributed by atoms with Gasteiger partial charge in [-0.1, -0.05) is 36.9 Å². The van der Waals surface area contributed by atoms with E-state index in [9.17, 15) is 4.79 Å². The monoisotopic (exact) mass is 378 g/mol. The second-order valence-corrected chi connectivity index (χ2v) is 6.87. The van der Waals surface area contributed by atoms with Crippen LogP contribution in [0.25, 0.3) is 44.3 Å². The Hall–Kier alpha value is -4.12. The molecule has 0 bridgehead atoms. The van der Waals surface area contributed by atoms with Crippen LogP contribution in [-0.4, -0.2) is 20.9 Å². The maximum absolute atomic E-state index is 11.6. The van der Waals surface area contributed by atoms with E-state index < -0.39 is 0 Å². The molecule has 0 atom stereocenters. The second-order valence-electron chi connectivity index (χ2n) is 6.87. The van der Waals surface area contributed by atoms with E-state index >= 15 is 0 Å². The molecule has 0 saturated heterocycles. The lowest BCUT2D eigenvalue weighted by molar-refractivity contribution is -0.111. The maximum atomic E-state index is 11.6. The number of pyridine rings is 1. The van der Waals surface area contributed by atoms with Gasteiger partial charge in [0.15, 0.2) is 0 Å². The van der Waals surface area contributed by atoms with Crippen molar-refractivity contribution in [3.63, 3.8) is 0 Å². The highest BCUT2D eigenvalue weighted by atomic mass is 16.1. The normalized spacial score (nSPS) is 11.0. The van der Waals surface area contributed by atoms with E-state index in [4.69, 9.17) is 0 Å². The van der Waals surface area contributed by atoms with Gasteiger partial charge in [-0.3, -0.25) is 4.79 Å². The first-order valence-electron chi connectivity index (χ1n) is 9.30. The number of aromatic amines is 2. The third-order valence-corrected chi connectivity index (χ3v) is 5.00. The van der Waals surface area contributed by atoms with Gasteiger partial charge in [-0.05, 0) is 42.0 Å². The van der Waals surface area contributed by atoms with Crippen LogP contribution in [0.4, 0.5) is 5.69 Å². The van der Waals surface area contributed by atoms with E-state index in [1.54, 1.807) is 0 Å². The van der Waals surface area contributed by atoms with Crippen LogP contribution in [0.5, 0.6) is 0 Å². The van der Waals surface area contributed by atoms with Gasteiger partial charge in [-0.25, -0.2) is 4.98 Å². The Labute approximate surface area is 167 Å². The molecule has 0 aliphatic heterocycles. The number of H-pyrrole nitrogens is 2. The van der Waals surface area contributed by atoms with Crippen molar-refractivity contribution >= 4 is 33.5 Å². The highest BCUT2D eigenvalue weighted by molar-refractivity contribution is 6.00. The fourth-order valence-corrected chi connectivity index (χ4v) is 3.57. The first-order valence-corrected chi connectivity index (χ1v) is 9.30. The molecule has 0 fully saturated rings. The molecule has 5 heteroatoms. The van der Waals surface area contributed by atoms with E-state index in [1.165, 1.54) is 11.5 Å². The lowest BCUT2D eigenvalue weighted by Gasteiger charge is -2.06. The van der Waals surface area contributed by atoms with Crippen LogP contribution in [0.3, 0.4) is 0 Å². The zero-order valence-corrected chi connectivity index (χ0v) is 15.6. The van der Waals surface area contributed by atoms with Crippen LogP contribution in [0.2, 0.25) is 0 Å². The first kappa shape index (κ1) is 17.0. The number of carbonyl (C=O) groups is 1. The largest absolute Gasteiger partial charge is 0.354 e. The van der Waals surface area contributed by atoms with E-state index in [1.807, 2.05) is 48.8 Å². The highest BCUT2D eigenvalue weighted by Crippen LogP contribution is 2.32. The van der Waals surface area contributed by atoms with Gasteiger partial charge in [0.2, 0.25) is 5.91 Å². The third kappa shape index (κ3) is 3.08. The molecule has 5 aromatic rings. The fourth-order valence-electron chi connectivity index (χ4n) is 3.57. The Morgan fingerprint density at radius 2 is 1.93 bits per heavy atom. The summed E-state index contributed by atoms with van der Waals surface area (Å²) in [6.45, 7) is 3.49. The molecule has 1 amide bonds. The Balaban J connectivity index is 1.59. The van der Waals surface area contributed by atoms with Gasteiger partial charge in [0.05, 0.1) is 0 Å². The summed E-state index contributed by atoms with van der Waals surface area (Å²) in [6.07, 6.45) is 5.07. The molecule has 3 aromatic heterocycles. The minimum absolute atomic E-state index is 0.234. The molecule has 3 heterocycles. The molecule has 5 rings (SSSR count). The van der Waals surface area contributed by atoms with Crippen molar-refractivity contribution in [1.29, 1.82) is 0 Å². The van der Waals surface area contributed by atoms with Crippen molar-refractivity contribution in [2.45, 2.75) is 0 Å². The number of benzene rings is 2. The number of nitrogens with zero attached hydrogens (tertiary/aromatic N) is 1. The van der Waals surface area contributed by atoms with Crippen molar-refractivity contribution in [3.05, 3.63) is 85.7 Å². The standard InChI is InChI=1S/C24H18N4O/c1-2-23(29)27-18-8-5-7-15(10-18)17-11-19-20(14-26-24(19)25-13-17)22-12-16-6-3-4-9-21(16)28-22/h2-14,28H,1H2,(H,25,26)(H,27,29). The summed E-state index contributed by atoms with van der Waals surface area (Å²) in [6, 6.07) is 20.2. The van der Waals surface area contributed by atoms with Crippen LogP contribution in [0, 0.1) is 0 Å². The Morgan fingerprint density at radius 3 is 2.79 bits per heavy atom. The molecule has 0 radical (unpaired) electrons. The minimum Gasteiger partial charge on any atom is -0.354 e. The smallest absolute Gasteiger partial charge is 0.247 e. The third-order valence-electron chi connectivity index (χ3n) is 5.00. The molecule has 3 N–H and O–H groups in total. The minimum atomic E-state index is -0.234. The Kier molecular flexibility index (Phi) is 3.99. The molecular weight excluding hydrogens is 360 g/mol. The summed E-state index contributed by atoms with van der Waals surface area (Å²) in [7, 11) is 0. The SMILES string of the molecule is C=CC(=O)Nc1cccc(-c2cnc3[nH]cc(-c4cc5ccccc5[nH]4)c3c2)c1. The number of anilines is 1. The average molecular weight is 378 g/mol. The summed E-state index contributed by atoms with van der Waals surface area (Å²) in [5.74, 6) is -0.234. The molecule has 2 aromatic carbocycles. The molecule has 5 nitrogen and oxygen atoms in total. The van der Waals surface area contributed by atoms with Crippen molar-refractivity contribution in [2.75, 3.05) is 5.32 Å². The lowest BCUT2D eigenvalue weighted by atomic mass is 10.0. The number of carbonyl (C=O) groups excluding carboxylic acids is 1. The van der Waals surface area contributed by atoms with E-state index in [0.717, 1.165) is 44.6 Å². The molecule has 29 heavy (non-hydrogen) atoms. The van der Waals surface area contributed by atoms with Gasteiger partial charge in [0.25, 0.3) is 0 Å². The maximum Gasteiger partial charge on any atom is 0.247 e. The highest BCUT2D eigenvalue weighted by Gasteiger charge is 2.11. The van der Waals surface area contributed by atoms with Gasteiger partial charge >= 0.3 is 0 Å². The average Bonchev–Trinajstić information content (AvgIpc) is 3.37. The number of rotatable bonds is 4. The topological polar surface area (TPSA) is 73.6 Å². The number of nitrogens with one attached hydrogen (secondary N) is 3. The molecule has 0 aliphatic rings. The van der Waals surface area contributed by atoms with Crippen molar-refractivity contribution in [3.8, 4) is 22.4 Å². The van der Waals surface area contributed by atoms with Crippen molar-refractivity contribution in [1.82, 2.24) is 15.0 Å². The summed E-state index contributed by atoms with van der Waals surface area (Å²) in [4.78, 5) is 22.9. The number of amides is 1. The number of hydrogen-bond donors (Lipinski definition) is 3. The number of fused-ring (bicyclic) bond motifs is 2. The van der Waals surface area contributed by atoms with Crippen LogP contribution in [-0.2, 0) is 4.79 Å². The second kappa shape index (κ2) is 6.80. The van der Waals surface area contributed by atoms with Crippen LogP contribution in [0.15, 0.2) is 85.7 Å². The molecule has 0 aliphatic carbocycles. The van der Waals surface area contributed by atoms with E-state index in [2.05, 4.69) is 51.1 Å². The molecule has 0 saturated carbocycles. The Morgan fingerprint density at radius 1 is 1.03 bits per heavy atom. The number of hydrogen-bond acceptors (Lipinski definition) is 2. The predicted molar refractivity (Wildman–Crippen MR) is 118 cm³/mol. The van der Waals surface area contributed by atoms with Gasteiger partial charge in [-0.15, -0.1) is 0 Å². The van der Waals surface area contributed by atoms with Crippen LogP contribution in [0.1, 0.15) is 0 Å². The molecule has 140 valence electrons. The first-order chi connectivity index (χ1) is 14.2. The van der Waals surface area contributed by atoms with Gasteiger partial charge in [0.1, 0.15) is 5.65 Å². The molecule has 0 unspecified atom stereocenters. The van der Waals surface area contributed by atoms with Crippen molar-refractivity contribution in [2.24, 2.45) is 0 Å². The number of para-hydroxylation sites is 1. The Bertz CT molecular complexity index is 1340. The summed E-state index contributed by atoms with van der Waals surface area (Å²) in [5.41, 5.74) is 6.72. The zero-order chi connectivity index (χ0) is 19.8. The quantitative estimate of drug-likeness (QED) is 0.361. The van der Waals surface area contributed by atoms with Crippen LogP contribution < -0.4 is 5.32 Å². The molecular formula is C24H18N4O. The van der Waals surface area contributed by atoms with Crippen molar-refractivity contribution < 1.29 is 4.79 Å². The summed E-state index contributed by atoms with van der Waals surface area (Å²) in [5, 5.41) is 5.01.